The smallest absolute Gasteiger partial charge is 0.115 e. The molecule has 5 atom stereocenters. The third-order valence-corrected chi connectivity index (χ3v) is 5.73. The maximum atomic E-state index is 9.83. The summed E-state index contributed by atoms with van der Waals surface area (Å²) < 4.78 is 6.16. The highest BCUT2D eigenvalue weighted by Crippen LogP contribution is 2.56. The fourth-order valence-corrected chi connectivity index (χ4v) is 4.22. The lowest BCUT2D eigenvalue weighted by Gasteiger charge is -2.55. The number of aliphatic hydroxyl groups excluding tert-OH is 1. The second-order valence-corrected chi connectivity index (χ2v) is 6.73. The van der Waals surface area contributed by atoms with E-state index in [1.54, 1.807) is 12.1 Å². The average molecular weight is 276 g/mol. The molecule has 0 radical (unpaired) electrons. The maximum absolute atomic E-state index is 9.83. The highest BCUT2D eigenvalue weighted by atomic mass is 16.5. The van der Waals surface area contributed by atoms with Crippen LogP contribution in [0.4, 0.5) is 0 Å². The Morgan fingerprint density at radius 1 is 1.25 bits per heavy atom. The number of ether oxygens (including phenoxy) is 1. The number of hydrogen-bond acceptors (Lipinski definition) is 3. The summed E-state index contributed by atoms with van der Waals surface area (Å²) in [7, 11) is 0. The monoisotopic (exact) mass is 276 g/mol. The van der Waals surface area contributed by atoms with E-state index in [1.165, 1.54) is 0 Å². The minimum absolute atomic E-state index is 0.0510. The van der Waals surface area contributed by atoms with Gasteiger partial charge in [-0.05, 0) is 48.3 Å². The van der Waals surface area contributed by atoms with Crippen LogP contribution in [-0.2, 0) is 4.74 Å². The average Bonchev–Trinajstić information content (AvgIpc) is 2.45. The minimum atomic E-state index is -0.0510. The van der Waals surface area contributed by atoms with Crippen LogP contribution in [0.1, 0.15) is 38.4 Å². The summed E-state index contributed by atoms with van der Waals surface area (Å²) >= 11 is 0. The summed E-state index contributed by atoms with van der Waals surface area (Å²) in [6.45, 7) is 5.43. The zero-order chi connectivity index (χ0) is 14.3. The molecule has 20 heavy (non-hydrogen) atoms. The van der Waals surface area contributed by atoms with Gasteiger partial charge in [0.2, 0.25) is 0 Å². The Morgan fingerprint density at radius 3 is 2.60 bits per heavy atom. The Morgan fingerprint density at radius 2 is 1.95 bits per heavy atom. The molecule has 0 amide bonds. The van der Waals surface area contributed by atoms with Crippen LogP contribution >= 0.6 is 0 Å². The first kappa shape index (κ1) is 13.9. The van der Waals surface area contributed by atoms with Crippen molar-refractivity contribution in [2.75, 3.05) is 13.2 Å². The van der Waals surface area contributed by atoms with Crippen LogP contribution in [0, 0.1) is 23.2 Å². The molecule has 1 heterocycles. The van der Waals surface area contributed by atoms with Crippen molar-refractivity contribution in [3.05, 3.63) is 29.8 Å². The summed E-state index contributed by atoms with van der Waals surface area (Å²) in [6.07, 6.45) is 2.30. The van der Waals surface area contributed by atoms with E-state index in [0.29, 0.717) is 30.1 Å². The second-order valence-electron chi connectivity index (χ2n) is 6.73. The van der Waals surface area contributed by atoms with Crippen molar-refractivity contribution in [3.63, 3.8) is 0 Å². The molecule has 1 aliphatic heterocycles. The lowest BCUT2D eigenvalue weighted by Crippen LogP contribution is -2.53. The molecule has 2 bridgehead atoms. The van der Waals surface area contributed by atoms with Gasteiger partial charge in [-0.25, -0.2) is 0 Å². The zero-order valence-electron chi connectivity index (χ0n) is 12.2. The molecule has 3 nitrogen and oxygen atoms in total. The van der Waals surface area contributed by atoms with Gasteiger partial charge in [0, 0.05) is 5.41 Å². The van der Waals surface area contributed by atoms with Gasteiger partial charge in [0.1, 0.15) is 5.75 Å². The quantitative estimate of drug-likeness (QED) is 0.872. The van der Waals surface area contributed by atoms with Gasteiger partial charge in [-0.2, -0.15) is 0 Å². The number of phenolic OH excluding ortho intramolecular Hbond substituents is 1. The molecule has 2 N–H and O–H groups in total. The lowest BCUT2D eigenvalue weighted by atomic mass is 9.56. The van der Waals surface area contributed by atoms with Crippen LogP contribution in [0.2, 0.25) is 0 Å². The van der Waals surface area contributed by atoms with Crippen molar-refractivity contribution >= 4 is 0 Å². The topological polar surface area (TPSA) is 49.7 Å². The van der Waals surface area contributed by atoms with Crippen LogP contribution in [0.15, 0.2) is 24.3 Å². The second kappa shape index (κ2) is 5.05. The van der Waals surface area contributed by atoms with Crippen LogP contribution in [-0.4, -0.2) is 23.4 Å². The highest BCUT2D eigenvalue weighted by molar-refractivity contribution is 5.28. The lowest BCUT2D eigenvalue weighted by molar-refractivity contribution is -0.191. The molecule has 1 saturated heterocycles. The molecule has 110 valence electrons. The van der Waals surface area contributed by atoms with Crippen LogP contribution in [0.3, 0.4) is 0 Å². The molecule has 0 aromatic heterocycles. The van der Waals surface area contributed by atoms with Gasteiger partial charge in [-0.3, -0.25) is 0 Å². The summed E-state index contributed by atoms with van der Waals surface area (Å²) in [4.78, 5) is 0. The first-order chi connectivity index (χ1) is 9.57. The Labute approximate surface area is 120 Å². The van der Waals surface area contributed by atoms with Crippen molar-refractivity contribution in [2.24, 2.45) is 23.2 Å². The number of aromatic hydroxyl groups is 1. The molecule has 2 aliphatic rings. The zero-order valence-corrected chi connectivity index (χ0v) is 12.2. The van der Waals surface area contributed by atoms with Crippen LogP contribution in [0.5, 0.6) is 5.75 Å². The van der Waals surface area contributed by atoms with Gasteiger partial charge in [0.05, 0.1) is 19.3 Å². The minimum Gasteiger partial charge on any atom is -0.508 e. The van der Waals surface area contributed by atoms with E-state index in [0.717, 1.165) is 18.4 Å². The molecular formula is C17H24O3. The van der Waals surface area contributed by atoms with E-state index in [2.05, 4.69) is 13.8 Å². The number of fused-ring (bicyclic) bond motifs is 2. The standard InChI is InChI=1S/C17H24O3/c1-11-7-8-17(9-18)10-20-16(15(11)12(17)2)13-3-5-14(19)6-4-13/h3-6,11-12,15-16,18-19H,7-10H2,1-2H3/t11?,12-,15-,16-,17+/m1/s1. The number of aliphatic hydroxyl groups is 1. The molecule has 1 aromatic carbocycles. The summed E-state index contributed by atoms with van der Waals surface area (Å²) in [5.74, 6) is 1.79. The van der Waals surface area contributed by atoms with E-state index < -0.39 is 0 Å². The molecular weight excluding hydrogens is 252 g/mol. The first-order valence-corrected chi connectivity index (χ1v) is 7.59. The summed E-state index contributed by atoms with van der Waals surface area (Å²) in [5, 5.41) is 19.3. The third kappa shape index (κ3) is 2.04. The number of rotatable bonds is 2. The van der Waals surface area contributed by atoms with Crippen LogP contribution in [0.25, 0.3) is 0 Å². The largest absolute Gasteiger partial charge is 0.508 e. The molecule has 1 aliphatic carbocycles. The number of phenols is 1. The summed E-state index contributed by atoms with van der Waals surface area (Å²) in [5.41, 5.74) is 1.09. The van der Waals surface area contributed by atoms with Gasteiger partial charge in [0.15, 0.2) is 0 Å². The van der Waals surface area contributed by atoms with Crippen LogP contribution < -0.4 is 0 Å². The van der Waals surface area contributed by atoms with Crippen molar-refractivity contribution in [3.8, 4) is 5.75 Å². The van der Waals surface area contributed by atoms with Gasteiger partial charge >= 0.3 is 0 Å². The molecule has 3 heteroatoms. The van der Waals surface area contributed by atoms with Crippen molar-refractivity contribution < 1.29 is 14.9 Å². The Hall–Kier alpha value is -1.06. The molecule has 1 unspecified atom stereocenters. The molecule has 3 rings (SSSR count). The SMILES string of the molecule is CC1CC[C@]2(CO)CO[C@H](c3ccc(O)cc3)[C@H]1[C@H]2C. The van der Waals surface area contributed by atoms with E-state index in [1.807, 2.05) is 12.1 Å². The molecule has 0 spiro atoms. The van der Waals surface area contributed by atoms with E-state index in [-0.39, 0.29) is 18.1 Å². The highest BCUT2D eigenvalue weighted by Gasteiger charge is 2.52. The van der Waals surface area contributed by atoms with E-state index in [9.17, 15) is 10.2 Å². The maximum Gasteiger partial charge on any atom is 0.115 e. The number of hydrogen-bond donors (Lipinski definition) is 2. The number of benzene rings is 1. The van der Waals surface area contributed by atoms with Crippen molar-refractivity contribution in [1.29, 1.82) is 0 Å². The Kier molecular flexibility index (Phi) is 3.51. The fourth-order valence-electron chi connectivity index (χ4n) is 4.22. The Bertz CT molecular complexity index is 470. The van der Waals surface area contributed by atoms with Gasteiger partial charge in [-0.1, -0.05) is 26.0 Å². The van der Waals surface area contributed by atoms with Gasteiger partial charge in [0.25, 0.3) is 0 Å². The predicted molar refractivity (Wildman–Crippen MR) is 77.4 cm³/mol. The molecule has 1 saturated carbocycles. The summed E-state index contributed by atoms with van der Waals surface area (Å²) in [6, 6.07) is 7.37. The molecule has 2 fully saturated rings. The van der Waals surface area contributed by atoms with Gasteiger partial charge < -0.3 is 14.9 Å². The van der Waals surface area contributed by atoms with Crippen molar-refractivity contribution in [2.45, 2.75) is 32.8 Å². The normalized spacial score (nSPS) is 40.5. The third-order valence-electron chi connectivity index (χ3n) is 5.73. The molecule has 1 aromatic rings. The predicted octanol–water partition coefficient (Wildman–Crippen LogP) is 3.12. The van der Waals surface area contributed by atoms with Crippen molar-refractivity contribution in [1.82, 2.24) is 0 Å². The fraction of sp³-hybridized carbons (Fsp3) is 0.647. The van der Waals surface area contributed by atoms with Gasteiger partial charge in [-0.15, -0.1) is 0 Å². The Balaban J connectivity index is 1.92. The van der Waals surface area contributed by atoms with E-state index in [4.69, 9.17) is 4.74 Å². The first-order valence-electron chi connectivity index (χ1n) is 7.59. The van der Waals surface area contributed by atoms with E-state index >= 15 is 0 Å².